The Morgan fingerprint density at radius 3 is 3.00 bits per heavy atom. The van der Waals surface area contributed by atoms with Gasteiger partial charge in [0.05, 0.1) is 12.1 Å². The first-order chi connectivity index (χ1) is 9.15. The lowest BCUT2D eigenvalue weighted by Gasteiger charge is -2.28. The molecule has 104 valence electrons. The molecule has 2 atom stereocenters. The maximum atomic E-state index is 12.3. The minimum absolute atomic E-state index is 0.0655. The summed E-state index contributed by atoms with van der Waals surface area (Å²) in [4.78, 5) is 14.2. The largest absolute Gasteiger partial charge is 0.337 e. The normalized spacial score (nSPS) is 19.0. The van der Waals surface area contributed by atoms with Crippen LogP contribution < -0.4 is 5.73 Å². The van der Waals surface area contributed by atoms with Gasteiger partial charge in [0.1, 0.15) is 0 Å². The summed E-state index contributed by atoms with van der Waals surface area (Å²) >= 11 is 1.73. The summed E-state index contributed by atoms with van der Waals surface area (Å²) in [5.41, 5.74) is 8.64. The number of carbonyl (C=O) groups excluding carboxylic acids is 1. The highest BCUT2D eigenvalue weighted by Gasteiger charge is 2.30. The third-order valence-electron chi connectivity index (χ3n) is 3.87. The number of amides is 1. The Bertz CT molecular complexity index is 450. The summed E-state index contributed by atoms with van der Waals surface area (Å²) in [6.45, 7) is 0. The predicted molar refractivity (Wildman–Crippen MR) is 81.2 cm³/mol. The molecule has 1 aromatic rings. The van der Waals surface area contributed by atoms with E-state index in [4.69, 9.17) is 5.73 Å². The lowest BCUT2D eigenvalue weighted by molar-refractivity contribution is -0.133. The van der Waals surface area contributed by atoms with E-state index >= 15 is 0 Å². The number of rotatable bonds is 5. The third kappa shape index (κ3) is 3.12. The van der Waals surface area contributed by atoms with Crippen LogP contribution in [0.4, 0.5) is 0 Å². The number of aryl methyl sites for hydroxylation is 1. The first-order valence-electron chi connectivity index (χ1n) is 6.74. The van der Waals surface area contributed by atoms with Gasteiger partial charge >= 0.3 is 0 Å². The number of nitrogens with zero attached hydrogens (tertiary/aromatic N) is 1. The molecule has 1 aliphatic carbocycles. The molecule has 0 saturated carbocycles. The lowest BCUT2D eigenvalue weighted by atomic mass is 10.1. The van der Waals surface area contributed by atoms with Crippen molar-refractivity contribution < 1.29 is 4.79 Å². The van der Waals surface area contributed by atoms with E-state index in [-0.39, 0.29) is 18.0 Å². The molecule has 0 aromatic heterocycles. The molecule has 2 rings (SSSR count). The van der Waals surface area contributed by atoms with Crippen LogP contribution in [-0.2, 0) is 11.2 Å². The van der Waals surface area contributed by atoms with Gasteiger partial charge in [0, 0.05) is 7.05 Å². The van der Waals surface area contributed by atoms with E-state index in [0.29, 0.717) is 0 Å². The van der Waals surface area contributed by atoms with Gasteiger partial charge in [-0.25, -0.2) is 0 Å². The smallest absolute Gasteiger partial charge is 0.239 e. The van der Waals surface area contributed by atoms with Crippen molar-refractivity contribution in [2.75, 3.05) is 19.1 Å². The van der Waals surface area contributed by atoms with Gasteiger partial charge in [-0.1, -0.05) is 24.3 Å². The molecule has 1 amide bonds. The number of hydrogen-bond acceptors (Lipinski definition) is 3. The summed E-state index contributed by atoms with van der Waals surface area (Å²) in [6.07, 6.45) is 4.85. The topological polar surface area (TPSA) is 46.3 Å². The molecule has 4 heteroatoms. The van der Waals surface area contributed by atoms with Gasteiger partial charge in [0.25, 0.3) is 0 Å². The number of nitrogens with two attached hydrogens (primary N) is 1. The maximum Gasteiger partial charge on any atom is 0.239 e. The fraction of sp³-hybridized carbons (Fsp3) is 0.533. The molecule has 0 radical (unpaired) electrons. The van der Waals surface area contributed by atoms with Gasteiger partial charge in [-0.3, -0.25) is 4.79 Å². The Labute approximate surface area is 119 Å². The fourth-order valence-electron chi connectivity index (χ4n) is 2.72. The Morgan fingerprint density at radius 2 is 2.26 bits per heavy atom. The Kier molecular flexibility index (Phi) is 4.88. The minimum atomic E-state index is -0.370. The Balaban J connectivity index is 2.05. The summed E-state index contributed by atoms with van der Waals surface area (Å²) in [6, 6.07) is 8.22. The third-order valence-corrected chi connectivity index (χ3v) is 4.51. The number of thioether (sulfide) groups is 1. The average molecular weight is 278 g/mol. The SMILES string of the molecule is CSCC[C@H](N)C(=O)N(C)C1CCc2ccccc21. The molecular weight excluding hydrogens is 256 g/mol. The molecule has 0 bridgehead atoms. The van der Waals surface area contributed by atoms with Crippen LogP contribution in [0.2, 0.25) is 0 Å². The van der Waals surface area contributed by atoms with E-state index in [1.807, 2.05) is 24.3 Å². The fourth-order valence-corrected chi connectivity index (χ4v) is 3.21. The first kappa shape index (κ1) is 14.4. The van der Waals surface area contributed by atoms with Crippen molar-refractivity contribution in [2.24, 2.45) is 5.73 Å². The molecular formula is C15H22N2OS. The van der Waals surface area contributed by atoms with E-state index in [2.05, 4.69) is 18.2 Å². The molecule has 3 nitrogen and oxygen atoms in total. The predicted octanol–water partition coefficient (Wildman–Crippen LogP) is 2.21. The Hall–Kier alpha value is -1.00. The highest BCUT2D eigenvalue weighted by atomic mass is 32.2. The van der Waals surface area contributed by atoms with Crippen LogP contribution in [0.15, 0.2) is 24.3 Å². The zero-order valence-corrected chi connectivity index (χ0v) is 12.5. The van der Waals surface area contributed by atoms with Gasteiger partial charge in [0.2, 0.25) is 5.91 Å². The molecule has 1 aromatic carbocycles. The van der Waals surface area contributed by atoms with E-state index in [9.17, 15) is 4.79 Å². The summed E-state index contributed by atoms with van der Waals surface area (Å²) in [7, 11) is 1.88. The van der Waals surface area contributed by atoms with Crippen molar-refractivity contribution in [2.45, 2.75) is 31.3 Å². The molecule has 2 N–H and O–H groups in total. The van der Waals surface area contributed by atoms with Crippen molar-refractivity contribution in [3.8, 4) is 0 Å². The number of carbonyl (C=O) groups is 1. The monoisotopic (exact) mass is 278 g/mol. The average Bonchev–Trinajstić information content (AvgIpc) is 2.87. The molecule has 0 fully saturated rings. The second-order valence-electron chi connectivity index (χ2n) is 5.09. The molecule has 0 aliphatic heterocycles. The van der Waals surface area contributed by atoms with Crippen LogP contribution in [0.3, 0.4) is 0 Å². The number of hydrogen-bond donors (Lipinski definition) is 1. The molecule has 0 heterocycles. The summed E-state index contributed by atoms with van der Waals surface area (Å²) < 4.78 is 0. The summed E-state index contributed by atoms with van der Waals surface area (Å²) in [5, 5.41) is 0. The number of fused-ring (bicyclic) bond motifs is 1. The quantitative estimate of drug-likeness (QED) is 0.898. The van der Waals surface area contributed by atoms with E-state index < -0.39 is 0 Å². The lowest BCUT2D eigenvalue weighted by Crippen LogP contribution is -2.43. The maximum absolute atomic E-state index is 12.3. The van der Waals surface area contributed by atoms with Crippen molar-refractivity contribution in [3.05, 3.63) is 35.4 Å². The molecule has 1 aliphatic rings. The first-order valence-corrected chi connectivity index (χ1v) is 8.13. The second-order valence-corrected chi connectivity index (χ2v) is 6.08. The highest BCUT2D eigenvalue weighted by molar-refractivity contribution is 7.98. The minimum Gasteiger partial charge on any atom is -0.337 e. The van der Waals surface area contributed by atoms with E-state index in [0.717, 1.165) is 25.0 Å². The van der Waals surface area contributed by atoms with E-state index in [1.165, 1.54) is 11.1 Å². The Morgan fingerprint density at radius 1 is 1.53 bits per heavy atom. The van der Waals surface area contributed by atoms with Crippen LogP contribution in [0.5, 0.6) is 0 Å². The van der Waals surface area contributed by atoms with Crippen LogP contribution in [-0.4, -0.2) is 35.9 Å². The van der Waals surface area contributed by atoms with Crippen LogP contribution >= 0.6 is 11.8 Å². The van der Waals surface area contributed by atoms with Crippen LogP contribution in [0.25, 0.3) is 0 Å². The van der Waals surface area contributed by atoms with Crippen molar-refractivity contribution in [3.63, 3.8) is 0 Å². The standard InChI is InChI=1S/C15H22N2OS/c1-17(15(18)13(16)9-10-19-2)14-8-7-11-5-3-4-6-12(11)14/h3-6,13-14H,7-10,16H2,1-2H3/t13-,14?/m0/s1. The van der Waals surface area contributed by atoms with E-state index in [1.54, 1.807) is 11.8 Å². The van der Waals surface area contributed by atoms with Crippen LogP contribution in [0, 0.1) is 0 Å². The zero-order valence-electron chi connectivity index (χ0n) is 11.6. The van der Waals surface area contributed by atoms with Crippen LogP contribution in [0.1, 0.15) is 30.0 Å². The molecule has 19 heavy (non-hydrogen) atoms. The van der Waals surface area contributed by atoms with Gasteiger partial charge < -0.3 is 10.6 Å². The van der Waals surface area contributed by atoms with Crippen molar-refractivity contribution in [1.82, 2.24) is 4.90 Å². The molecule has 1 unspecified atom stereocenters. The zero-order chi connectivity index (χ0) is 13.8. The molecule has 0 spiro atoms. The highest BCUT2D eigenvalue weighted by Crippen LogP contribution is 2.35. The number of likely N-dealkylation sites (N-methyl/N-ethyl adjacent to an activating group) is 1. The summed E-state index contributed by atoms with van der Waals surface area (Å²) in [5.74, 6) is 0.998. The van der Waals surface area contributed by atoms with Crippen molar-refractivity contribution in [1.29, 1.82) is 0 Å². The van der Waals surface area contributed by atoms with Crippen molar-refractivity contribution >= 4 is 17.7 Å². The van der Waals surface area contributed by atoms with Gasteiger partial charge in [-0.05, 0) is 42.4 Å². The number of benzene rings is 1. The second kappa shape index (κ2) is 6.44. The van der Waals surface area contributed by atoms with Gasteiger partial charge in [0.15, 0.2) is 0 Å². The van der Waals surface area contributed by atoms with Gasteiger partial charge in [-0.2, -0.15) is 11.8 Å². The van der Waals surface area contributed by atoms with Gasteiger partial charge in [-0.15, -0.1) is 0 Å². The molecule has 0 saturated heterocycles.